The molecule has 0 radical (unpaired) electrons. The van der Waals surface area contributed by atoms with Crippen molar-refractivity contribution in [3.63, 3.8) is 0 Å². The van der Waals surface area contributed by atoms with Crippen LogP contribution < -0.4 is 5.43 Å². The highest BCUT2D eigenvalue weighted by Gasteiger charge is 2.18. The maximum atomic E-state index is 6.60. The molecule has 1 aromatic heterocycles. The van der Waals surface area contributed by atoms with Crippen molar-refractivity contribution in [2.45, 2.75) is 13.8 Å². The molecule has 1 heterocycles. The summed E-state index contributed by atoms with van der Waals surface area (Å²) < 4.78 is 6.60. The minimum absolute atomic E-state index is 0.797. The summed E-state index contributed by atoms with van der Waals surface area (Å²) in [7, 11) is 0. The first-order valence-electron chi connectivity index (χ1n) is 12.0. The van der Waals surface area contributed by atoms with Gasteiger partial charge in [-0.2, -0.15) is 5.10 Å². The second kappa shape index (κ2) is 10.3. The number of furan rings is 1. The molecule has 0 aliphatic carbocycles. The second-order valence-electron chi connectivity index (χ2n) is 8.42. The van der Waals surface area contributed by atoms with E-state index in [2.05, 4.69) is 102 Å². The molecule has 3 nitrogen and oxygen atoms in total. The summed E-state index contributed by atoms with van der Waals surface area (Å²) in [5.41, 5.74) is 11.7. The molecule has 1 N–H and O–H groups in total. The number of rotatable bonds is 7. The third-order valence-corrected chi connectivity index (χ3v) is 6.04. The normalized spacial score (nSPS) is 11.4. The SMILES string of the molecule is CCN/N=C(\C)c1cccc(-c2ccccc2-c2cc(-c3ccccc3)c(-c3ccccc3)o2)c1. The molecule has 0 bridgehead atoms. The number of hydrogen-bond acceptors (Lipinski definition) is 3. The minimum Gasteiger partial charge on any atom is -0.455 e. The van der Waals surface area contributed by atoms with Crippen LogP contribution in [0.5, 0.6) is 0 Å². The van der Waals surface area contributed by atoms with Gasteiger partial charge in [0.25, 0.3) is 0 Å². The quantitative estimate of drug-likeness (QED) is 0.198. The summed E-state index contributed by atoms with van der Waals surface area (Å²) >= 11 is 0. The van der Waals surface area contributed by atoms with Crippen molar-refractivity contribution in [2.75, 3.05) is 6.54 Å². The van der Waals surface area contributed by atoms with Gasteiger partial charge in [-0.3, -0.25) is 0 Å². The van der Waals surface area contributed by atoms with Crippen LogP contribution in [0.1, 0.15) is 19.4 Å². The zero-order valence-electron chi connectivity index (χ0n) is 20.0. The molecule has 35 heavy (non-hydrogen) atoms. The van der Waals surface area contributed by atoms with Gasteiger partial charge in [0.05, 0.1) is 5.71 Å². The van der Waals surface area contributed by atoms with Crippen molar-refractivity contribution in [3.05, 3.63) is 121 Å². The zero-order valence-corrected chi connectivity index (χ0v) is 20.0. The molecule has 0 aliphatic heterocycles. The first-order chi connectivity index (χ1) is 17.2. The summed E-state index contributed by atoms with van der Waals surface area (Å²) in [5, 5.41) is 4.46. The topological polar surface area (TPSA) is 37.5 Å². The maximum Gasteiger partial charge on any atom is 0.142 e. The highest BCUT2D eigenvalue weighted by molar-refractivity contribution is 6.00. The average molecular weight is 457 g/mol. The predicted molar refractivity (Wildman–Crippen MR) is 146 cm³/mol. The zero-order chi connectivity index (χ0) is 24.0. The van der Waals surface area contributed by atoms with Gasteiger partial charge in [-0.1, -0.05) is 103 Å². The fraction of sp³-hybridized carbons (Fsp3) is 0.0938. The first kappa shape index (κ1) is 22.4. The Morgan fingerprint density at radius 2 is 1.29 bits per heavy atom. The van der Waals surface area contributed by atoms with E-state index in [1.807, 2.05) is 38.1 Å². The van der Waals surface area contributed by atoms with Gasteiger partial charge in [-0.25, -0.2) is 0 Å². The van der Waals surface area contributed by atoms with E-state index in [0.29, 0.717) is 0 Å². The maximum absolute atomic E-state index is 6.60. The highest BCUT2D eigenvalue weighted by atomic mass is 16.3. The van der Waals surface area contributed by atoms with Crippen molar-refractivity contribution < 1.29 is 4.42 Å². The average Bonchev–Trinajstić information content (AvgIpc) is 3.38. The molecule has 0 spiro atoms. The Morgan fingerprint density at radius 3 is 2.00 bits per heavy atom. The standard InChI is InChI=1S/C32H28N2O/c1-3-33-34-23(2)26-17-12-18-27(21-26)28-19-10-11-20-29(28)31-22-30(24-13-6-4-7-14-24)32(35-31)25-15-8-5-9-16-25/h4-22,33H,3H2,1-2H3/b34-23+. The second-order valence-corrected chi connectivity index (χ2v) is 8.42. The van der Waals surface area contributed by atoms with Crippen molar-refractivity contribution in [1.29, 1.82) is 0 Å². The fourth-order valence-corrected chi connectivity index (χ4v) is 4.28. The number of hydrazone groups is 1. The van der Waals surface area contributed by atoms with E-state index in [0.717, 1.165) is 62.7 Å². The number of benzene rings is 4. The van der Waals surface area contributed by atoms with E-state index in [4.69, 9.17) is 4.42 Å². The van der Waals surface area contributed by atoms with E-state index in [-0.39, 0.29) is 0 Å². The molecule has 0 unspecified atom stereocenters. The van der Waals surface area contributed by atoms with Gasteiger partial charge in [0.15, 0.2) is 0 Å². The van der Waals surface area contributed by atoms with E-state index in [9.17, 15) is 0 Å². The van der Waals surface area contributed by atoms with Crippen LogP contribution in [0.15, 0.2) is 125 Å². The first-order valence-corrected chi connectivity index (χ1v) is 12.0. The van der Waals surface area contributed by atoms with Crippen LogP contribution >= 0.6 is 0 Å². The minimum atomic E-state index is 0.797. The smallest absolute Gasteiger partial charge is 0.142 e. The Balaban J connectivity index is 1.64. The van der Waals surface area contributed by atoms with Crippen LogP contribution in [0.3, 0.4) is 0 Å². The number of hydrogen-bond donors (Lipinski definition) is 1. The Morgan fingerprint density at radius 1 is 0.657 bits per heavy atom. The lowest BCUT2D eigenvalue weighted by atomic mass is 9.95. The third kappa shape index (κ3) is 4.80. The molecule has 0 amide bonds. The Bertz CT molecular complexity index is 1390. The van der Waals surface area contributed by atoms with Crippen molar-refractivity contribution in [2.24, 2.45) is 5.10 Å². The Hall–Kier alpha value is -4.37. The van der Waals surface area contributed by atoms with Gasteiger partial charge in [-0.15, -0.1) is 0 Å². The fourth-order valence-electron chi connectivity index (χ4n) is 4.28. The molecule has 0 saturated carbocycles. The lowest BCUT2D eigenvalue weighted by Gasteiger charge is -2.10. The van der Waals surface area contributed by atoms with Crippen LogP contribution in [0.2, 0.25) is 0 Å². The van der Waals surface area contributed by atoms with Crippen molar-refractivity contribution in [3.8, 4) is 44.9 Å². The molecule has 0 atom stereocenters. The van der Waals surface area contributed by atoms with E-state index >= 15 is 0 Å². The molecule has 0 fully saturated rings. The molecule has 4 aromatic carbocycles. The Kier molecular flexibility index (Phi) is 6.58. The van der Waals surface area contributed by atoms with Gasteiger partial charge < -0.3 is 9.84 Å². The van der Waals surface area contributed by atoms with Crippen LogP contribution in [0.4, 0.5) is 0 Å². The lowest BCUT2D eigenvalue weighted by Crippen LogP contribution is -2.08. The van der Waals surface area contributed by atoms with Crippen LogP contribution in [0, 0.1) is 0 Å². The van der Waals surface area contributed by atoms with Gasteiger partial charge in [0, 0.05) is 23.2 Å². The molecular weight excluding hydrogens is 428 g/mol. The predicted octanol–water partition coefficient (Wildman–Crippen LogP) is 8.28. The third-order valence-electron chi connectivity index (χ3n) is 6.04. The number of nitrogens with one attached hydrogen (secondary N) is 1. The molecular formula is C32H28N2O. The molecule has 5 aromatic rings. The molecule has 5 rings (SSSR count). The largest absolute Gasteiger partial charge is 0.455 e. The Labute approximate surface area is 206 Å². The summed E-state index contributed by atoms with van der Waals surface area (Å²) in [4.78, 5) is 0. The van der Waals surface area contributed by atoms with Gasteiger partial charge in [0.1, 0.15) is 11.5 Å². The summed E-state index contributed by atoms with van der Waals surface area (Å²) in [5.74, 6) is 1.73. The number of nitrogens with zero attached hydrogens (tertiary/aromatic N) is 1. The van der Waals surface area contributed by atoms with Crippen LogP contribution in [-0.4, -0.2) is 12.3 Å². The van der Waals surface area contributed by atoms with Gasteiger partial charge in [-0.05, 0) is 48.2 Å². The highest BCUT2D eigenvalue weighted by Crippen LogP contribution is 2.41. The van der Waals surface area contributed by atoms with E-state index < -0.39 is 0 Å². The van der Waals surface area contributed by atoms with E-state index in [1.165, 1.54) is 0 Å². The monoisotopic (exact) mass is 456 g/mol. The van der Waals surface area contributed by atoms with Gasteiger partial charge >= 0.3 is 0 Å². The lowest BCUT2D eigenvalue weighted by molar-refractivity contribution is 0.598. The van der Waals surface area contributed by atoms with Crippen LogP contribution in [-0.2, 0) is 0 Å². The van der Waals surface area contributed by atoms with Crippen LogP contribution in [0.25, 0.3) is 44.9 Å². The molecule has 0 saturated heterocycles. The van der Waals surface area contributed by atoms with Crippen molar-refractivity contribution >= 4 is 5.71 Å². The van der Waals surface area contributed by atoms with Gasteiger partial charge in [0.2, 0.25) is 0 Å². The van der Waals surface area contributed by atoms with Crippen molar-refractivity contribution in [1.82, 2.24) is 5.43 Å². The van der Waals surface area contributed by atoms with E-state index in [1.54, 1.807) is 0 Å². The summed E-state index contributed by atoms with van der Waals surface area (Å²) in [6.45, 7) is 4.87. The molecule has 172 valence electrons. The molecule has 0 aliphatic rings. The summed E-state index contributed by atoms with van der Waals surface area (Å²) in [6, 6.07) is 39.8. The summed E-state index contributed by atoms with van der Waals surface area (Å²) in [6.07, 6.45) is 0. The molecule has 3 heteroatoms.